The van der Waals surface area contributed by atoms with Gasteiger partial charge in [-0.3, -0.25) is 14.5 Å². The van der Waals surface area contributed by atoms with E-state index in [2.05, 4.69) is 24.3 Å². The average molecular weight is 540 g/mol. The molecule has 9 heteroatoms. The predicted octanol–water partition coefficient (Wildman–Crippen LogP) is 4.09. The first kappa shape index (κ1) is 25.8. The van der Waals surface area contributed by atoms with Crippen molar-refractivity contribution >= 4 is 23.9 Å². The molecule has 3 amide bonds. The van der Waals surface area contributed by atoms with Crippen molar-refractivity contribution in [1.29, 1.82) is 0 Å². The monoisotopic (exact) mass is 539 g/mol. The van der Waals surface area contributed by atoms with Gasteiger partial charge in [0.05, 0.1) is 11.1 Å². The fourth-order valence-electron chi connectivity index (χ4n) is 5.71. The largest absolute Gasteiger partial charge is 0.448 e. The van der Waals surface area contributed by atoms with Crippen molar-refractivity contribution in [2.24, 2.45) is 0 Å². The van der Waals surface area contributed by atoms with Crippen LogP contribution in [0.3, 0.4) is 0 Å². The van der Waals surface area contributed by atoms with Gasteiger partial charge >= 0.3 is 12.1 Å². The summed E-state index contributed by atoms with van der Waals surface area (Å²) in [7, 11) is 0. The molecule has 40 heavy (non-hydrogen) atoms. The predicted molar refractivity (Wildman–Crippen MR) is 145 cm³/mol. The van der Waals surface area contributed by atoms with Gasteiger partial charge < -0.3 is 14.5 Å². The topological polar surface area (TPSA) is 96.5 Å². The molecule has 0 N–H and O–H groups in total. The number of rotatable bonds is 5. The maximum absolute atomic E-state index is 13.1. The third kappa shape index (κ3) is 4.23. The van der Waals surface area contributed by atoms with Crippen LogP contribution in [0.15, 0.2) is 72.8 Å². The van der Waals surface area contributed by atoms with Crippen LogP contribution in [0.5, 0.6) is 0 Å². The van der Waals surface area contributed by atoms with E-state index >= 15 is 0 Å². The first-order valence-corrected chi connectivity index (χ1v) is 13.3. The van der Waals surface area contributed by atoms with Gasteiger partial charge in [0, 0.05) is 32.1 Å². The minimum absolute atomic E-state index is 0.0199. The van der Waals surface area contributed by atoms with E-state index in [1.807, 2.05) is 29.2 Å². The summed E-state index contributed by atoms with van der Waals surface area (Å²) in [6, 6.07) is 22.7. The summed E-state index contributed by atoms with van der Waals surface area (Å²) < 4.78 is 5.79. The molecule has 0 unspecified atom stereocenters. The van der Waals surface area contributed by atoms with Gasteiger partial charge in [0.1, 0.15) is 12.1 Å². The Morgan fingerprint density at radius 1 is 0.750 bits per heavy atom. The molecule has 3 aliphatic rings. The Balaban J connectivity index is 1.05. The number of carbonyl (C=O) groups excluding carboxylic acids is 4. The number of fused-ring (bicyclic) bond motifs is 4. The lowest BCUT2D eigenvalue weighted by Gasteiger charge is -2.42. The molecular formula is C31H29N3O6. The second-order valence-corrected chi connectivity index (χ2v) is 10.7. The van der Waals surface area contributed by atoms with Crippen LogP contribution in [0.4, 0.5) is 4.79 Å². The quantitative estimate of drug-likeness (QED) is 0.451. The third-order valence-corrected chi connectivity index (χ3v) is 8.10. The molecular weight excluding hydrogens is 510 g/mol. The zero-order chi connectivity index (χ0) is 28.0. The molecule has 0 radical (unpaired) electrons. The Labute approximate surface area is 231 Å². The lowest BCUT2D eigenvalue weighted by molar-refractivity contribution is -0.182. The van der Waals surface area contributed by atoms with E-state index in [9.17, 15) is 19.2 Å². The van der Waals surface area contributed by atoms with Crippen molar-refractivity contribution in [2.75, 3.05) is 32.8 Å². The van der Waals surface area contributed by atoms with Gasteiger partial charge in [0.2, 0.25) is 0 Å². The van der Waals surface area contributed by atoms with Crippen molar-refractivity contribution in [2.45, 2.75) is 25.3 Å². The molecule has 1 saturated heterocycles. The van der Waals surface area contributed by atoms with Gasteiger partial charge in [-0.25, -0.2) is 9.59 Å². The van der Waals surface area contributed by atoms with Gasteiger partial charge in [-0.1, -0.05) is 65.7 Å². The van der Waals surface area contributed by atoms with Crippen molar-refractivity contribution < 1.29 is 28.8 Å². The summed E-state index contributed by atoms with van der Waals surface area (Å²) in [6.45, 7) is 5.11. The van der Waals surface area contributed by atoms with Crippen LogP contribution in [-0.2, 0) is 14.4 Å². The number of ether oxygens (including phenoxy) is 1. The Kier molecular flexibility index (Phi) is 6.38. The molecule has 0 aromatic heterocycles. The van der Waals surface area contributed by atoms with E-state index < -0.39 is 29.4 Å². The van der Waals surface area contributed by atoms with E-state index in [-0.39, 0.29) is 23.7 Å². The van der Waals surface area contributed by atoms with Crippen molar-refractivity contribution in [1.82, 2.24) is 14.9 Å². The van der Waals surface area contributed by atoms with Crippen LogP contribution in [0.1, 0.15) is 51.6 Å². The molecule has 3 aromatic carbocycles. The number of benzene rings is 3. The standard InChI is InChI=1S/C31H29N3O6/c1-31(2,29(37)40-34-27(35)24-13-7-8-14-25(24)28(34)36)33-17-15-32(16-18-33)30(38)39-19-26-22-11-5-3-9-20(22)21-10-4-6-12-23(21)26/h3-14,26H,15-19H2,1-2H3. The minimum Gasteiger partial charge on any atom is -0.448 e. The lowest BCUT2D eigenvalue weighted by Crippen LogP contribution is -2.60. The first-order valence-electron chi connectivity index (χ1n) is 13.3. The molecule has 0 spiro atoms. The van der Waals surface area contributed by atoms with Gasteiger partial charge in [0.25, 0.3) is 11.8 Å². The number of piperazine rings is 1. The second kappa shape index (κ2) is 9.91. The maximum atomic E-state index is 13.1. The normalized spacial score (nSPS) is 16.9. The van der Waals surface area contributed by atoms with Crippen molar-refractivity contribution in [3.05, 3.63) is 95.1 Å². The fourth-order valence-corrected chi connectivity index (χ4v) is 5.71. The summed E-state index contributed by atoms with van der Waals surface area (Å²) in [5.74, 6) is -2.07. The highest BCUT2D eigenvalue weighted by atomic mass is 16.7. The number of hydrogen-bond donors (Lipinski definition) is 0. The molecule has 0 atom stereocenters. The zero-order valence-corrected chi connectivity index (χ0v) is 22.3. The fraction of sp³-hybridized carbons (Fsp3) is 0.290. The zero-order valence-electron chi connectivity index (χ0n) is 22.3. The summed E-state index contributed by atoms with van der Waals surface area (Å²) in [6.07, 6.45) is -0.395. The molecule has 0 saturated carbocycles. The maximum Gasteiger partial charge on any atom is 0.409 e. The van der Waals surface area contributed by atoms with Gasteiger partial charge in [-0.15, -0.1) is 0 Å². The molecule has 2 aliphatic heterocycles. The minimum atomic E-state index is -1.14. The molecule has 1 fully saturated rings. The highest BCUT2D eigenvalue weighted by molar-refractivity contribution is 6.21. The van der Waals surface area contributed by atoms with Crippen molar-refractivity contribution in [3.8, 4) is 11.1 Å². The number of amides is 3. The SMILES string of the molecule is CC(C)(C(=O)ON1C(=O)c2ccccc2C1=O)N1CCN(C(=O)OCC2c3ccccc3-c3ccccc32)CC1. The van der Waals surface area contributed by atoms with Gasteiger partial charge in [-0.2, -0.15) is 0 Å². The Morgan fingerprint density at radius 2 is 1.23 bits per heavy atom. The van der Waals surface area contributed by atoms with Gasteiger partial charge in [-0.05, 0) is 48.2 Å². The average Bonchev–Trinajstić information content (AvgIpc) is 3.43. The van der Waals surface area contributed by atoms with Crippen LogP contribution < -0.4 is 0 Å². The number of carbonyl (C=O) groups is 4. The molecule has 6 rings (SSSR count). The van der Waals surface area contributed by atoms with E-state index in [1.54, 1.807) is 30.9 Å². The van der Waals surface area contributed by atoms with Crippen molar-refractivity contribution in [3.63, 3.8) is 0 Å². The second-order valence-electron chi connectivity index (χ2n) is 10.7. The Bertz CT molecular complexity index is 1440. The van der Waals surface area contributed by atoms with E-state index in [4.69, 9.17) is 9.57 Å². The smallest absolute Gasteiger partial charge is 0.409 e. The molecule has 3 aromatic rings. The van der Waals surface area contributed by atoms with Crippen LogP contribution in [0.2, 0.25) is 0 Å². The summed E-state index contributed by atoms with van der Waals surface area (Å²) >= 11 is 0. The van der Waals surface area contributed by atoms with Crippen LogP contribution in [0, 0.1) is 0 Å². The summed E-state index contributed by atoms with van der Waals surface area (Å²) in [5, 5.41) is 0.529. The highest BCUT2D eigenvalue weighted by Crippen LogP contribution is 2.44. The van der Waals surface area contributed by atoms with E-state index in [1.165, 1.54) is 23.3 Å². The number of nitrogens with zero attached hydrogens (tertiary/aromatic N) is 3. The van der Waals surface area contributed by atoms with Crippen LogP contribution >= 0.6 is 0 Å². The molecule has 2 heterocycles. The Morgan fingerprint density at radius 3 is 1.75 bits per heavy atom. The number of imide groups is 1. The molecule has 204 valence electrons. The molecule has 1 aliphatic carbocycles. The highest BCUT2D eigenvalue weighted by Gasteiger charge is 2.44. The number of hydroxylamine groups is 2. The Hall–Kier alpha value is -4.50. The van der Waals surface area contributed by atoms with E-state index in [0.717, 1.165) is 11.1 Å². The lowest BCUT2D eigenvalue weighted by atomic mass is 9.98. The summed E-state index contributed by atoms with van der Waals surface area (Å²) in [4.78, 5) is 60.2. The van der Waals surface area contributed by atoms with Crippen LogP contribution in [0.25, 0.3) is 11.1 Å². The molecule has 9 nitrogen and oxygen atoms in total. The van der Waals surface area contributed by atoms with Gasteiger partial charge in [0.15, 0.2) is 0 Å². The number of hydrogen-bond acceptors (Lipinski definition) is 7. The first-order chi connectivity index (χ1) is 19.3. The summed E-state index contributed by atoms with van der Waals surface area (Å²) in [5.41, 5.74) is 3.91. The third-order valence-electron chi connectivity index (χ3n) is 8.10. The van der Waals surface area contributed by atoms with Crippen LogP contribution in [-0.4, -0.2) is 77.1 Å². The molecule has 0 bridgehead atoms. The van der Waals surface area contributed by atoms with E-state index in [0.29, 0.717) is 31.2 Å².